The highest BCUT2D eigenvalue weighted by atomic mass is 32.1. The topological polar surface area (TPSA) is 60.9 Å². The van der Waals surface area contributed by atoms with Crippen molar-refractivity contribution in [3.8, 4) is 0 Å². The van der Waals surface area contributed by atoms with Crippen LogP contribution in [0.2, 0.25) is 0 Å². The van der Waals surface area contributed by atoms with Crippen molar-refractivity contribution in [1.82, 2.24) is 9.80 Å². The van der Waals surface area contributed by atoms with Crippen molar-refractivity contribution in [3.05, 3.63) is 34.5 Å². The van der Waals surface area contributed by atoms with Crippen molar-refractivity contribution in [1.29, 1.82) is 0 Å². The first-order chi connectivity index (χ1) is 11.0. The van der Waals surface area contributed by atoms with Gasteiger partial charge in [0.05, 0.1) is 4.88 Å². The molecule has 7 heteroatoms. The molecule has 0 radical (unpaired) electrons. The number of aliphatic hydroxyl groups is 1. The van der Waals surface area contributed by atoms with Crippen LogP contribution in [0.1, 0.15) is 15.2 Å². The lowest BCUT2D eigenvalue weighted by Gasteiger charge is -2.34. The Morgan fingerprint density at radius 1 is 1.22 bits per heavy atom. The zero-order valence-electron chi connectivity index (χ0n) is 12.7. The summed E-state index contributed by atoms with van der Waals surface area (Å²) < 4.78 is 14.3. The molecule has 1 aromatic carbocycles. The van der Waals surface area contributed by atoms with Gasteiger partial charge in [0.1, 0.15) is 12.4 Å². The second kappa shape index (κ2) is 6.25. The van der Waals surface area contributed by atoms with E-state index in [2.05, 4.69) is 0 Å². The van der Waals surface area contributed by atoms with Crippen LogP contribution < -0.4 is 0 Å². The summed E-state index contributed by atoms with van der Waals surface area (Å²) in [4.78, 5) is 28.0. The maximum Gasteiger partial charge on any atom is 0.264 e. The minimum Gasteiger partial charge on any atom is -0.387 e. The molecule has 0 spiro atoms. The third-order valence-corrected chi connectivity index (χ3v) is 5.41. The smallest absolute Gasteiger partial charge is 0.264 e. The predicted octanol–water partition coefficient (Wildman–Crippen LogP) is 1.63. The Balaban J connectivity index is 1.79. The van der Waals surface area contributed by atoms with E-state index in [1.54, 1.807) is 15.9 Å². The molecule has 2 heterocycles. The Labute approximate surface area is 136 Å². The lowest BCUT2D eigenvalue weighted by molar-refractivity contribution is -0.135. The third kappa shape index (κ3) is 2.94. The van der Waals surface area contributed by atoms with Gasteiger partial charge >= 0.3 is 0 Å². The maximum absolute atomic E-state index is 13.4. The summed E-state index contributed by atoms with van der Waals surface area (Å²) in [7, 11) is 0. The Morgan fingerprint density at radius 2 is 1.87 bits per heavy atom. The van der Waals surface area contributed by atoms with Crippen LogP contribution in [0.15, 0.2) is 18.2 Å². The van der Waals surface area contributed by atoms with Crippen molar-refractivity contribution in [2.24, 2.45) is 0 Å². The van der Waals surface area contributed by atoms with Crippen molar-refractivity contribution >= 4 is 33.2 Å². The molecule has 2 aromatic rings. The van der Waals surface area contributed by atoms with Crippen molar-refractivity contribution in [2.75, 3.05) is 32.8 Å². The number of nitrogens with zero attached hydrogens (tertiary/aromatic N) is 2. The second-order valence-corrected chi connectivity index (χ2v) is 6.58. The standard InChI is InChI=1S/C16H17FN2O3S/c1-10-12-8-11(17)2-3-13(12)23-15(10)16(22)19-6-4-18(5-7-19)14(21)9-20/h2-3,8,20H,4-7,9H2,1H3. The molecule has 3 rings (SSSR count). The lowest BCUT2D eigenvalue weighted by Crippen LogP contribution is -2.51. The number of carbonyl (C=O) groups is 2. The number of piperazine rings is 1. The number of halogens is 1. The molecule has 122 valence electrons. The highest BCUT2D eigenvalue weighted by Crippen LogP contribution is 2.32. The number of carbonyl (C=O) groups excluding carboxylic acids is 2. The molecule has 0 unspecified atom stereocenters. The number of benzene rings is 1. The van der Waals surface area contributed by atoms with Crippen molar-refractivity contribution in [3.63, 3.8) is 0 Å². The quantitative estimate of drug-likeness (QED) is 0.907. The first-order valence-electron chi connectivity index (χ1n) is 7.38. The van der Waals surface area contributed by atoms with Crippen LogP contribution in [0.25, 0.3) is 10.1 Å². The van der Waals surface area contributed by atoms with E-state index in [9.17, 15) is 14.0 Å². The summed E-state index contributed by atoms with van der Waals surface area (Å²) >= 11 is 1.37. The zero-order valence-corrected chi connectivity index (χ0v) is 13.5. The third-order valence-electron chi connectivity index (χ3n) is 4.15. The predicted molar refractivity (Wildman–Crippen MR) is 86.1 cm³/mol. The van der Waals surface area contributed by atoms with Gasteiger partial charge in [-0.1, -0.05) is 0 Å². The average molecular weight is 336 g/mol. The van der Waals surface area contributed by atoms with Crippen LogP contribution in [0.4, 0.5) is 4.39 Å². The summed E-state index contributed by atoms with van der Waals surface area (Å²) in [6, 6.07) is 4.54. The van der Waals surface area contributed by atoms with E-state index in [1.165, 1.54) is 23.5 Å². The SMILES string of the molecule is Cc1c(C(=O)N2CCN(C(=O)CO)CC2)sc2ccc(F)cc12. The number of rotatable bonds is 2. The van der Waals surface area contributed by atoms with Gasteiger partial charge in [0.15, 0.2) is 0 Å². The van der Waals surface area contributed by atoms with Crippen LogP contribution in [0, 0.1) is 12.7 Å². The average Bonchev–Trinajstić information content (AvgIpc) is 2.90. The van der Waals surface area contributed by atoms with E-state index in [4.69, 9.17) is 5.11 Å². The maximum atomic E-state index is 13.4. The largest absolute Gasteiger partial charge is 0.387 e. The minimum absolute atomic E-state index is 0.0831. The summed E-state index contributed by atoms with van der Waals surface area (Å²) in [5.41, 5.74) is 0.795. The van der Waals surface area contributed by atoms with Gasteiger partial charge in [0.25, 0.3) is 5.91 Å². The number of hydrogen-bond donors (Lipinski definition) is 1. The number of aliphatic hydroxyl groups excluding tert-OH is 1. The van der Waals surface area contributed by atoms with E-state index in [-0.39, 0.29) is 17.6 Å². The fourth-order valence-corrected chi connectivity index (χ4v) is 3.96. The van der Waals surface area contributed by atoms with Gasteiger partial charge in [-0.15, -0.1) is 11.3 Å². The highest BCUT2D eigenvalue weighted by molar-refractivity contribution is 7.21. The number of fused-ring (bicyclic) bond motifs is 1. The van der Waals surface area contributed by atoms with Crippen LogP contribution in [-0.4, -0.2) is 59.5 Å². The first kappa shape index (κ1) is 15.9. The molecule has 1 N–H and O–H groups in total. The van der Waals surface area contributed by atoms with E-state index >= 15 is 0 Å². The Morgan fingerprint density at radius 3 is 2.52 bits per heavy atom. The van der Waals surface area contributed by atoms with Gasteiger partial charge in [0, 0.05) is 30.9 Å². The highest BCUT2D eigenvalue weighted by Gasteiger charge is 2.26. The second-order valence-electron chi connectivity index (χ2n) is 5.53. The van der Waals surface area contributed by atoms with Gasteiger partial charge in [0.2, 0.25) is 5.91 Å². The Hall–Kier alpha value is -1.99. The fourth-order valence-electron chi connectivity index (χ4n) is 2.80. The van der Waals surface area contributed by atoms with Gasteiger partial charge in [-0.3, -0.25) is 9.59 Å². The molecule has 1 saturated heterocycles. The Bertz CT molecular complexity index is 766. The van der Waals surface area contributed by atoms with Crippen LogP contribution >= 0.6 is 11.3 Å². The van der Waals surface area contributed by atoms with Crippen LogP contribution in [0.5, 0.6) is 0 Å². The van der Waals surface area contributed by atoms with Gasteiger partial charge in [-0.05, 0) is 36.1 Å². The lowest BCUT2D eigenvalue weighted by atomic mass is 10.1. The monoisotopic (exact) mass is 336 g/mol. The minimum atomic E-state index is -0.505. The summed E-state index contributed by atoms with van der Waals surface area (Å²) in [6.45, 7) is 3.04. The number of amides is 2. The normalized spacial score (nSPS) is 15.3. The summed E-state index contributed by atoms with van der Waals surface area (Å²) in [5.74, 6) is -0.709. The zero-order chi connectivity index (χ0) is 16.6. The van der Waals surface area contributed by atoms with Crippen LogP contribution in [0.3, 0.4) is 0 Å². The van der Waals surface area contributed by atoms with E-state index < -0.39 is 6.61 Å². The van der Waals surface area contributed by atoms with E-state index in [0.717, 1.165) is 15.6 Å². The fraction of sp³-hybridized carbons (Fsp3) is 0.375. The molecule has 0 bridgehead atoms. The molecule has 23 heavy (non-hydrogen) atoms. The molecule has 1 fully saturated rings. The van der Waals surface area contributed by atoms with E-state index in [0.29, 0.717) is 31.1 Å². The first-order valence-corrected chi connectivity index (χ1v) is 8.19. The number of thiophene rings is 1. The molecular formula is C16H17FN2O3S. The van der Waals surface area contributed by atoms with Gasteiger partial charge in [-0.2, -0.15) is 0 Å². The summed E-state index contributed by atoms with van der Waals surface area (Å²) in [6.07, 6.45) is 0. The molecule has 1 aromatic heterocycles. The van der Waals surface area contributed by atoms with Gasteiger partial charge in [-0.25, -0.2) is 4.39 Å². The molecule has 1 aliphatic rings. The van der Waals surface area contributed by atoms with Crippen molar-refractivity contribution < 1.29 is 19.1 Å². The van der Waals surface area contributed by atoms with Gasteiger partial charge < -0.3 is 14.9 Å². The number of aryl methyl sites for hydroxylation is 1. The summed E-state index contributed by atoms with van der Waals surface area (Å²) in [5, 5.41) is 9.65. The number of hydrogen-bond acceptors (Lipinski definition) is 4. The molecule has 5 nitrogen and oxygen atoms in total. The molecule has 0 saturated carbocycles. The molecular weight excluding hydrogens is 319 g/mol. The van der Waals surface area contributed by atoms with E-state index in [1.807, 2.05) is 6.92 Å². The Kier molecular flexibility index (Phi) is 4.32. The molecule has 2 amide bonds. The molecule has 0 atom stereocenters. The van der Waals surface area contributed by atoms with Crippen LogP contribution in [-0.2, 0) is 4.79 Å². The van der Waals surface area contributed by atoms with Crippen molar-refractivity contribution in [2.45, 2.75) is 6.92 Å². The molecule has 1 aliphatic heterocycles. The molecule has 0 aliphatic carbocycles.